The molecule has 2 heterocycles. The Labute approximate surface area is 159 Å². The molecule has 0 spiro atoms. The van der Waals surface area contributed by atoms with Gasteiger partial charge in [-0.15, -0.1) is 0 Å². The van der Waals surface area contributed by atoms with Gasteiger partial charge in [-0.1, -0.05) is 6.07 Å². The summed E-state index contributed by atoms with van der Waals surface area (Å²) in [5, 5.41) is 2.97. The van der Waals surface area contributed by atoms with E-state index in [1.807, 2.05) is 17.0 Å². The lowest BCUT2D eigenvalue weighted by Crippen LogP contribution is -2.41. The Morgan fingerprint density at radius 3 is 2.81 bits per heavy atom. The first-order valence-corrected chi connectivity index (χ1v) is 11.2. The molecule has 1 aromatic carbocycles. The lowest BCUT2D eigenvalue weighted by Gasteiger charge is -2.26. The second-order valence-corrected chi connectivity index (χ2v) is 9.66. The van der Waals surface area contributed by atoms with E-state index in [0.29, 0.717) is 13.0 Å². The number of hydrogen-bond acceptors (Lipinski definition) is 5. The van der Waals surface area contributed by atoms with Crippen LogP contribution in [0.2, 0.25) is 0 Å². The van der Waals surface area contributed by atoms with Gasteiger partial charge in [-0.25, -0.2) is 8.42 Å². The number of amides is 1. The molecule has 0 radical (unpaired) electrons. The Kier molecular flexibility index (Phi) is 5.06. The highest BCUT2D eigenvalue weighted by Crippen LogP contribution is 2.25. The van der Waals surface area contributed by atoms with Crippen LogP contribution in [0.5, 0.6) is 0 Å². The molecular formula is C20H24N2O4S. The van der Waals surface area contributed by atoms with Crippen molar-refractivity contribution in [3.8, 4) is 0 Å². The quantitative estimate of drug-likeness (QED) is 0.822. The zero-order valence-corrected chi connectivity index (χ0v) is 16.0. The summed E-state index contributed by atoms with van der Waals surface area (Å²) in [6.45, 7) is 0.558. The molecule has 1 atom stereocenters. The van der Waals surface area contributed by atoms with Gasteiger partial charge in [0, 0.05) is 11.7 Å². The van der Waals surface area contributed by atoms with E-state index >= 15 is 0 Å². The van der Waals surface area contributed by atoms with E-state index < -0.39 is 9.84 Å². The first-order chi connectivity index (χ1) is 13.0. The average molecular weight is 388 g/mol. The van der Waals surface area contributed by atoms with Crippen molar-refractivity contribution in [2.45, 2.75) is 38.3 Å². The van der Waals surface area contributed by atoms with Gasteiger partial charge in [-0.3, -0.25) is 9.69 Å². The molecule has 2 aliphatic rings. The normalized spacial score (nSPS) is 20.7. The predicted molar refractivity (Wildman–Crippen MR) is 103 cm³/mol. The maximum Gasteiger partial charge on any atom is 0.238 e. The lowest BCUT2D eigenvalue weighted by atomic mass is 10.1. The molecule has 2 aromatic rings. The van der Waals surface area contributed by atoms with Crippen LogP contribution in [0.25, 0.3) is 0 Å². The van der Waals surface area contributed by atoms with Crippen molar-refractivity contribution in [1.82, 2.24) is 4.90 Å². The highest BCUT2D eigenvalue weighted by molar-refractivity contribution is 7.91. The number of benzene rings is 1. The molecule has 4 rings (SSSR count). The number of nitrogens with zero attached hydrogens (tertiary/aromatic N) is 1. The molecule has 0 unspecified atom stereocenters. The van der Waals surface area contributed by atoms with E-state index in [-0.39, 0.29) is 30.0 Å². The maximum atomic E-state index is 12.6. The van der Waals surface area contributed by atoms with Gasteiger partial charge in [-0.05, 0) is 61.1 Å². The van der Waals surface area contributed by atoms with E-state index in [9.17, 15) is 13.2 Å². The number of furan rings is 1. The van der Waals surface area contributed by atoms with Crippen LogP contribution in [-0.4, -0.2) is 43.3 Å². The van der Waals surface area contributed by atoms with Crippen LogP contribution >= 0.6 is 0 Å². The average Bonchev–Trinajstić information content (AvgIpc) is 3.34. The van der Waals surface area contributed by atoms with Gasteiger partial charge in [-0.2, -0.15) is 0 Å². The first kappa shape index (κ1) is 18.3. The minimum absolute atomic E-state index is 0.0971. The fraction of sp³-hybridized carbons (Fsp3) is 0.450. The third-order valence-corrected chi connectivity index (χ3v) is 7.14. The summed E-state index contributed by atoms with van der Waals surface area (Å²) in [4.78, 5) is 14.5. The van der Waals surface area contributed by atoms with Crippen LogP contribution in [0, 0.1) is 0 Å². The minimum Gasteiger partial charge on any atom is -0.468 e. The largest absolute Gasteiger partial charge is 0.468 e. The van der Waals surface area contributed by atoms with Crippen molar-refractivity contribution >= 4 is 21.4 Å². The van der Waals surface area contributed by atoms with Gasteiger partial charge in [0.15, 0.2) is 9.84 Å². The minimum atomic E-state index is -3.02. The number of rotatable bonds is 6. The van der Waals surface area contributed by atoms with Crippen LogP contribution in [0.4, 0.5) is 5.69 Å². The standard InChI is InChI=1S/C20H24N2O4S/c23-20(21-17-7-6-15-3-1-4-16(15)11-17)13-22(12-19-5-2-9-26-19)18-8-10-27(24,25)14-18/h2,5-7,9,11,18H,1,3-4,8,10,12-14H2,(H,21,23)/t18-/m0/s1. The van der Waals surface area contributed by atoms with Crippen LogP contribution < -0.4 is 5.32 Å². The fourth-order valence-corrected chi connectivity index (χ4v) is 5.78. The number of aryl methyl sites for hydroxylation is 2. The number of fused-ring (bicyclic) bond motifs is 1. The predicted octanol–water partition coefficient (Wildman–Crippen LogP) is 2.40. The van der Waals surface area contributed by atoms with Crippen LogP contribution in [0.3, 0.4) is 0 Å². The third kappa shape index (κ3) is 4.42. The van der Waals surface area contributed by atoms with Crippen molar-refractivity contribution in [2.75, 3.05) is 23.4 Å². The molecule has 1 fully saturated rings. The van der Waals surface area contributed by atoms with Gasteiger partial charge in [0.25, 0.3) is 0 Å². The SMILES string of the molecule is O=C(CN(Cc1ccco1)[C@H]1CCS(=O)(=O)C1)Nc1ccc2c(c1)CCC2. The zero-order valence-electron chi connectivity index (χ0n) is 15.2. The summed E-state index contributed by atoms with van der Waals surface area (Å²) >= 11 is 0. The van der Waals surface area contributed by atoms with Crippen molar-refractivity contribution in [1.29, 1.82) is 0 Å². The third-order valence-electron chi connectivity index (χ3n) is 5.39. The molecule has 1 saturated heterocycles. The molecule has 0 saturated carbocycles. The second kappa shape index (κ2) is 7.48. The lowest BCUT2D eigenvalue weighted by molar-refractivity contribution is -0.118. The molecule has 1 N–H and O–H groups in total. The smallest absolute Gasteiger partial charge is 0.238 e. The van der Waals surface area contributed by atoms with Gasteiger partial charge in [0.05, 0.1) is 30.9 Å². The summed E-state index contributed by atoms with van der Waals surface area (Å²) < 4.78 is 29.2. The monoisotopic (exact) mass is 388 g/mol. The summed E-state index contributed by atoms with van der Waals surface area (Å²) in [7, 11) is -3.02. The zero-order chi connectivity index (χ0) is 18.9. The molecule has 1 aliphatic heterocycles. The van der Waals surface area contributed by atoms with Gasteiger partial charge in [0.1, 0.15) is 5.76 Å². The molecule has 144 valence electrons. The van der Waals surface area contributed by atoms with E-state index in [0.717, 1.165) is 24.3 Å². The Morgan fingerprint density at radius 2 is 2.07 bits per heavy atom. The topological polar surface area (TPSA) is 79.6 Å². The van der Waals surface area contributed by atoms with Gasteiger partial charge in [0.2, 0.25) is 5.91 Å². The van der Waals surface area contributed by atoms with Crippen molar-refractivity contribution in [3.05, 3.63) is 53.5 Å². The van der Waals surface area contributed by atoms with E-state index in [2.05, 4.69) is 17.4 Å². The van der Waals surface area contributed by atoms with E-state index in [1.54, 1.807) is 12.3 Å². The summed E-state index contributed by atoms with van der Waals surface area (Å²) in [5.41, 5.74) is 3.48. The molecule has 1 aromatic heterocycles. The van der Waals surface area contributed by atoms with Crippen LogP contribution in [0.1, 0.15) is 29.7 Å². The number of sulfone groups is 1. The number of nitrogens with one attached hydrogen (secondary N) is 1. The summed E-state index contributed by atoms with van der Waals surface area (Å²) in [6, 6.07) is 9.56. The van der Waals surface area contributed by atoms with Crippen molar-refractivity contribution in [2.24, 2.45) is 0 Å². The number of anilines is 1. The first-order valence-electron chi connectivity index (χ1n) is 9.37. The highest BCUT2D eigenvalue weighted by Gasteiger charge is 2.33. The number of carbonyl (C=O) groups excluding carboxylic acids is 1. The Morgan fingerprint density at radius 1 is 1.22 bits per heavy atom. The Balaban J connectivity index is 1.44. The molecule has 1 aliphatic carbocycles. The number of hydrogen-bond donors (Lipinski definition) is 1. The summed E-state index contributed by atoms with van der Waals surface area (Å²) in [6.07, 6.45) is 5.47. The molecule has 6 nitrogen and oxygen atoms in total. The van der Waals surface area contributed by atoms with Gasteiger partial charge < -0.3 is 9.73 Å². The van der Waals surface area contributed by atoms with Crippen molar-refractivity contribution in [3.63, 3.8) is 0 Å². The second-order valence-electron chi connectivity index (χ2n) is 7.43. The Bertz CT molecular complexity index is 921. The maximum absolute atomic E-state index is 12.6. The van der Waals surface area contributed by atoms with Crippen LogP contribution in [-0.2, 0) is 34.0 Å². The van der Waals surface area contributed by atoms with Crippen LogP contribution in [0.15, 0.2) is 41.0 Å². The summed E-state index contributed by atoms with van der Waals surface area (Å²) in [5.74, 6) is 0.868. The molecule has 0 bridgehead atoms. The van der Waals surface area contributed by atoms with Crippen molar-refractivity contribution < 1.29 is 17.6 Å². The Hall–Kier alpha value is -2.12. The molecule has 27 heavy (non-hydrogen) atoms. The molecular weight excluding hydrogens is 364 g/mol. The van der Waals surface area contributed by atoms with E-state index in [4.69, 9.17) is 4.42 Å². The van der Waals surface area contributed by atoms with E-state index in [1.165, 1.54) is 17.5 Å². The molecule has 1 amide bonds. The molecule has 7 heteroatoms. The fourth-order valence-electron chi connectivity index (χ4n) is 4.01. The van der Waals surface area contributed by atoms with Gasteiger partial charge >= 0.3 is 0 Å². The number of carbonyl (C=O) groups is 1. The highest BCUT2D eigenvalue weighted by atomic mass is 32.2.